The van der Waals surface area contributed by atoms with E-state index in [0.29, 0.717) is 12.2 Å². The lowest BCUT2D eigenvalue weighted by Crippen LogP contribution is -2.37. The van der Waals surface area contributed by atoms with Crippen LogP contribution in [-0.2, 0) is 6.54 Å². The summed E-state index contributed by atoms with van der Waals surface area (Å²) in [6.45, 7) is 0.583. The van der Waals surface area contributed by atoms with Crippen LogP contribution in [0.1, 0.15) is 16.1 Å². The van der Waals surface area contributed by atoms with Crippen molar-refractivity contribution in [2.45, 2.75) is 6.54 Å². The Morgan fingerprint density at radius 2 is 1.78 bits per heavy atom. The minimum atomic E-state index is -0.235. The van der Waals surface area contributed by atoms with Crippen LogP contribution in [0, 0.1) is 0 Å². The normalized spacial score (nSPS) is 9.33. The number of rotatable bonds is 4. The first-order valence-electron chi connectivity index (χ1n) is 5.34. The summed E-state index contributed by atoms with van der Waals surface area (Å²) in [4.78, 5) is 15.6. The van der Waals surface area contributed by atoms with Crippen molar-refractivity contribution >= 4 is 18.3 Å². The summed E-state index contributed by atoms with van der Waals surface area (Å²) in [5.74, 6) is -0.235. The number of nitrogens with zero attached hydrogens (tertiary/aromatic N) is 1. The number of nitrogens with one attached hydrogen (secondary N) is 2. The van der Waals surface area contributed by atoms with E-state index in [4.69, 9.17) is 0 Å². The zero-order chi connectivity index (χ0) is 11.9. The molecule has 0 radical (unpaired) electrons. The molecule has 1 amide bonds. The molecule has 4 nitrogen and oxygen atoms in total. The van der Waals surface area contributed by atoms with E-state index in [9.17, 15) is 4.79 Å². The monoisotopic (exact) mass is 263 g/mol. The first kappa shape index (κ1) is 14.2. The molecule has 18 heavy (non-hydrogen) atoms. The van der Waals surface area contributed by atoms with E-state index in [0.717, 1.165) is 5.56 Å². The summed E-state index contributed by atoms with van der Waals surface area (Å²) in [7, 11) is 0. The van der Waals surface area contributed by atoms with Crippen molar-refractivity contribution in [2.75, 3.05) is 0 Å². The third-order valence-electron chi connectivity index (χ3n) is 2.23. The van der Waals surface area contributed by atoms with Gasteiger partial charge in [-0.2, -0.15) is 0 Å². The molecule has 0 atom stereocenters. The van der Waals surface area contributed by atoms with Crippen molar-refractivity contribution in [2.24, 2.45) is 0 Å². The number of carbonyl (C=O) groups excluding carboxylic acids is 1. The Kier molecular flexibility index (Phi) is 5.84. The molecule has 2 N–H and O–H groups in total. The molecule has 0 aliphatic carbocycles. The van der Waals surface area contributed by atoms with Crippen LogP contribution in [0.3, 0.4) is 0 Å². The molecule has 0 fully saturated rings. The zero-order valence-electron chi connectivity index (χ0n) is 9.67. The van der Waals surface area contributed by atoms with Gasteiger partial charge in [0.15, 0.2) is 0 Å². The average molecular weight is 264 g/mol. The maximum Gasteiger partial charge on any atom is 0.283 e. The lowest BCUT2D eigenvalue weighted by atomic mass is 10.2. The Labute approximate surface area is 112 Å². The molecule has 0 aliphatic heterocycles. The Hall–Kier alpha value is -1.91. The molecule has 1 aromatic carbocycles. The molecule has 2 aromatic rings. The molecule has 5 heteroatoms. The maximum absolute atomic E-state index is 11.6. The SMILES string of the molecule is Cl.O=C(NNCc1ccccc1)c1ccccn1. The Balaban J connectivity index is 0.00000162. The highest BCUT2D eigenvalue weighted by Crippen LogP contribution is 1.96. The molecule has 1 heterocycles. The summed E-state index contributed by atoms with van der Waals surface area (Å²) in [5, 5.41) is 0. The number of aromatic nitrogens is 1. The Morgan fingerprint density at radius 1 is 1.06 bits per heavy atom. The van der Waals surface area contributed by atoms with Gasteiger partial charge in [-0.15, -0.1) is 12.4 Å². The molecule has 94 valence electrons. The molecule has 0 bridgehead atoms. The number of hydrogen-bond acceptors (Lipinski definition) is 3. The second-order valence-corrected chi connectivity index (χ2v) is 3.51. The van der Waals surface area contributed by atoms with Crippen molar-refractivity contribution in [1.82, 2.24) is 15.8 Å². The fourth-order valence-corrected chi connectivity index (χ4v) is 1.38. The lowest BCUT2D eigenvalue weighted by Gasteiger charge is -2.06. The van der Waals surface area contributed by atoms with Gasteiger partial charge in [0.1, 0.15) is 5.69 Å². The Bertz CT molecular complexity index is 476. The number of carbonyl (C=O) groups is 1. The minimum Gasteiger partial charge on any atom is -0.286 e. The predicted molar refractivity (Wildman–Crippen MR) is 72.2 cm³/mol. The number of hydrogen-bond donors (Lipinski definition) is 2. The van der Waals surface area contributed by atoms with E-state index < -0.39 is 0 Å². The second kappa shape index (κ2) is 7.42. The van der Waals surface area contributed by atoms with Gasteiger partial charge in [0, 0.05) is 12.7 Å². The first-order valence-corrected chi connectivity index (χ1v) is 5.34. The van der Waals surface area contributed by atoms with Crippen LogP contribution in [0.2, 0.25) is 0 Å². The molecule has 2 rings (SSSR count). The number of halogens is 1. The molecule has 0 spiro atoms. The van der Waals surface area contributed by atoms with Crippen molar-refractivity contribution in [3.05, 3.63) is 66.0 Å². The number of hydrazine groups is 1. The lowest BCUT2D eigenvalue weighted by molar-refractivity contribution is 0.0927. The van der Waals surface area contributed by atoms with Crippen LogP contribution in [0.25, 0.3) is 0 Å². The molecular weight excluding hydrogens is 250 g/mol. The molecule has 0 unspecified atom stereocenters. The van der Waals surface area contributed by atoms with Gasteiger partial charge in [-0.25, -0.2) is 5.43 Å². The van der Waals surface area contributed by atoms with Gasteiger partial charge in [-0.3, -0.25) is 15.2 Å². The van der Waals surface area contributed by atoms with Crippen LogP contribution in [0.5, 0.6) is 0 Å². The first-order chi connectivity index (χ1) is 8.36. The van der Waals surface area contributed by atoms with Crippen LogP contribution in [0.15, 0.2) is 54.7 Å². The largest absolute Gasteiger partial charge is 0.286 e. The summed E-state index contributed by atoms with van der Waals surface area (Å²) in [5.41, 5.74) is 6.96. The number of benzene rings is 1. The van der Waals surface area contributed by atoms with Crippen molar-refractivity contribution in [1.29, 1.82) is 0 Å². The summed E-state index contributed by atoms with van der Waals surface area (Å²) in [6.07, 6.45) is 1.59. The third-order valence-corrected chi connectivity index (χ3v) is 2.23. The smallest absolute Gasteiger partial charge is 0.283 e. The highest BCUT2D eigenvalue weighted by molar-refractivity contribution is 5.91. The van der Waals surface area contributed by atoms with E-state index >= 15 is 0 Å². The number of pyridine rings is 1. The molecule has 0 saturated carbocycles. The van der Waals surface area contributed by atoms with Gasteiger partial charge in [0.2, 0.25) is 0 Å². The fourth-order valence-electron chi connectivity index (χ4n) is 1.38. The molecule has 0 saturated heterocycles. The number of amides is 1. The van der Waals surface area contributed by atoms with Gasteiger partial charge in [-0.05, 0) is 17.7 Å². The molecular formula is C13H14ClN3O. The van der Waals surface area contributed by atoms with Crippen LogP contribution in [0.4, 0.5) is 0 Å². The van der Waals surface area contributed by atoms with E-state index in [1.165, 1.54) is 0 Å². The van der Waals surface area contributed by atoms with E-state index in [1.54, 1.807) is 24.4 Å². The second-order valence-electron chi connectivity index (χ2n) is 3.51. The third kappa shape index (κ3) is 4.16. The van der Waals surface area contributed by atoms with E-state index in [2.05, 4.69) is 15.8 Å². The topological polar surface area (TPSA) is 54.0 Å². The van der Waals surface area contributed by atoms with Crippen LogP contribution >= 0.6 is 12.4 Å². The van der Waals surface area contributed by atoms with Gasteiger partial charge >= 0.3 is 0 Å². The summed E-state index contributed by atoms with van der Waals surface area (Å²) < 4.78 is 0. The highest BCUT2D eigenvalue weighted by atomic mass is 35.5. The van der Waals surface area contributed by atoms with Gasteiger partial charge in [0.25, 0.3) is 5.91 Å². The minimum absolute atomic E-state index is 0. The van der Waals surface area contributed by atoms with Crippen molar-refractivity contribution in [3.8, 4) is 0 Å². The summed E-state index contributed by atoms with van der Waals surface area (Å²) in [6, 6.07) is 15.1. The zero-order valence-corrected chi connectivity index (χ0v) is 10.5. The van der Waals surface area contributed by atoms with Crippen molar-refractivity contribution in [3.63, 3.8) is 0 Å². The van der Waals surface area contributed by atoms with Crippen molar-refractivity contribution < 1.29 is 4.79 Å². The molecule has 0 aliphatic rings. The summed E-state index contributed by atoms with van der Waals surface area (Å²) >= 11 is 0. The quantitative estimate of drug-likeness (QED) is 0.829. The van der Waals surface area contributed by atoms with Crippen LogP contribution in [-0.4, -0.2) is 10.9 Å². The molecule has 1 aromatic heterocycles. The van der Waals surface area contributed by atoms with Gasteiger partial charge in [-0.1, -0.05) is 36.4 Å². The predicted octanol–water partition coefficient (Wildman–Crippen LogP) is 1.94. The highest BCUT2D eigenvalue weighted by Gasteiger charge is 2.04. The van der Waals surface area contributed by atoms with E-state index in [1.807, 2.05) is 30.3 Å². The average Bonchev–Trinajstić information content (AvgIpc) is 2.41. The van der Waals surface area contributed by atoms with Gasteiger partial charge < -0.3 is 0 Å². The van der Waals surface area contributed by atoms with E-state index in [-0.39, 0.29) is 18.3 Å². The Morgan fingerprint density at radius 3 is 2.44 bits per heavy atom. The van der Waals surface area contributed by atoms with Crippen LogP contribution < -0.4 is 10.9 Å². The standard InChI is InChI=1S/C13H13N3O.ClH/c17-13(12-8-4-5-9-14-12)16-15-10-11-6-2-1-3-7-11;/h1-9,15H,10H2,(H,16,17);1H. The maximum atomic E-state index is 11.6. The van der Waals surface area contributed by atoms with Gasteiger partial charge in [0.05, 0.1) is 0 Å². The fraction of sp³-hybridized carbons (Fsp3) is 0.0769.